The van der Waals surface area contributed by atoms with E-state index >= 15 is 0 Å². The van der Waals surface area contributed by atoms with E-state index in [0.717, 1.165) is 0 Å². The Bertz CT molecular complexity index is 218. The summed E-state index contributed by atoms with van der Waals surface area (Å²) in [5, 5.41) is 20.8. The molecule has 0 aromatic carbocycles. The molecule has 74 valence electrons. The molecular weight excluding hydrogens is 174 g/mol. The second-order valence-corrected chi connectivity index (χ2v) is 2.90. The van der Waals surface area contributed by atoms with Crippen LogP contribution >= 0.6 is 0 Å². The lowest BCUT2D eigenvalue weighted by Crippen LogP contribution is -2.55. The number of rotatable bonds is 4. The molecule has 0 aromatic rings. The average molecular weight is 187 g/mol. The van der Waals surface area contributed by atoms with E-state index in [1.54, 1.807) is 0 Å². The summed E-state index contributed by atoms with van der Waals surface area (Å²) in [4.78, 5) is 10.7. The summed E-state index contributed by atoms with van der Waals surface area (Å²) in [6, 6.07) is 0. The largest absolute Gasteiger partial charge is 0.478 e. The first-order chi connectivity index (χ1) is 6.11. The minimum absolute atomic E-state index is 0.238. The van der Waals surface area contributed by atoms with Gasteiger partial charge in [-0.1, -0.05) is 6.08 Å². The molecule has 1 heterocycles. The van der Waals surface area contributed by atoms with Crippen LogP contribution in [-0.2, 0) is 9.53 Å². The minimum Gasteiger partial charge on any atom is -0.478 e. The first kappa shape index (κ1) is 10.2. The number of hydrogen-bond acceptors (Lipinski definition) is 4. The van der Waals surface area contributed by atoms with Gasteiger partial charge in [-0.15, -0.1) is 6.58 Å². The Hall–Kier alpha value is -0.910. The molecule has 1 rings (SSSR count). The quantitative estimate of drug-likeness (QED) is 0.508. The fourth-order valence-corrected chi connectivity index (χ4v) is 1.32. The zero-order valence-corrected chi connectivity index (χ0v) is 7.19. The Labute approximate surface area is 76.0 Å². The van der Waals surface area contributed by atoms with Crippen molar-refractivity contribution in [1.82, 2.24) is 5.32 Å². The lowest BCUT2D eigenvalue weighted by atomic mass is 10.1. The van der Waals surface area contributed by atoms with Gasteiger partial charge in [-0.05, 0) is 6.42 Å². The number of carboxylic acid groups (broad SMARTS) is 1. The monoisotopic (exact) mass is 187 g/mol. The van der Waals surface area contributed by atoms with E-state index in [-0.39, 0.29) is 6.61 Å². The average Bonchev–Trinajstić information content (AvgIpc) is 2.45. The molecule has 0 radical (unpaired) electrons. The highest BCUT2D eigenvalue weighted by Crippen LogP contribution is 2.20. The molecule has 2 atom stereocenters. The van der Waals surface area contributed by atoms with E-state index < -0.39 is 17.8 Å². The van der Waals surface area contributed by atoms with Crippen molar-refractivity contribution in [2.24, 2.45) is 0 Å². The molecule has 0 aromatic heterocycles. The zero-order chi connectivity index (χ0) is 9.90. The highest BCUT2D eigenvalue weighted by molar-refractivity contribution is 5.77. The molecule has 0 aliphatic carbocycles. The van der Waals surface area contributed by atoms with Crippen LogP contribution < -0.4 is 5.32 Å². The van der Waals surface area contributed by atoms with Crippen LogP contribution in [0, 0.1) is 0 Å². The summed E-state index contributed by atoms with van der Waals surface area (Å²) in [7, 11) is 0. The summed E-state index contributed by atoms with van der Waals surface area (Å²) in [6.07, 6.45) is 1.29. The lowest BCUT2D eigenvalue weighted by Gasteiger charge is -2.24. The summed E-state index contributed by atoms with van der Waals surface area (Å²) >= 11 is 0. The van der Waals surface area contributed by atoms with Crippen LogP contribution in [0.3, 0.4) is 0 Å². The van der Waals surface area contributed by atoms with E-state index in [1.807, 2.05) is 0 Å². The van der Waals surface area contributed by atoms with Crippen LogP contribution in [0.5, 0.6) is 0 Å². The van der Waals surface area contributed by atoms with Crippen LogP contribution in [0.25, 0.3) is 0 Å². The summed E-state index contributed by atoms with van der Waals surface area (Å²) in [5.74, 6) is -1.31. The van der Waals surface area contributed by atoms with E-state index in [2.05, 4.69) is 11.9 Å². The smallest absolute Gasteiger partial charge is 0.354 e. The van der Waals surface area contributed by atoms with Gasteiger partial charge in [-0.25, -0.2) is 4.79 Å². The van der Waals surface area contributed by atoms with Gasteiger partial charge in [-0.2, -0.15) is 0 Å². The fraction of sp³-hybridized carbons (Fsp3) is 0.625. The first-order valence-corrected chi connectivity index (χ1v) is 4.04. The first-order valence-electron chi connectivity index (χ1n) is 4.04. The standard InChI is InChI=1S/C8H13NO4/c1-2-5-13-6-3-4-9-8(6,12)7(10)11/h2,6,9,12H,1,3-5H2,(H,10,11)/t6?,8-/m1/s1. The Kier molecular flexibility index (Phi) is 3.02. The minimum atomic E-state index is -1.94. The van der Waals surface area contributed by atoms with Gasteiger partial charge < -0.3 is 14.9 Å². The topological polar surface area (TPSA) is 78.8 Å². The third-order valence-corrected chi connectivity index (χ3v) is 2.01. The maximum atomic E-state index is 10.7. The maximum Gasteiger partial charge on any atom is 0.354 e. The van der Waals surface area contributed by atoms with Crippen molar-refractivity contribution < 1.29 is 19.7 Å². The molecule has 1 fully saturated rings. The van der Waals surface area contributed by atoms with Gasteiger partial charge in [0.1, 0.15) is 6.10 Å². The van der Waals surface area contributed by atoms with Crippen LogP contribution in [0.2, 0.25) is 0 Å². The lowest BCUT2D eigenvalue weighted by molar-refractivity contribution is -0.175. The Morgan fingerprint density at radius 3 is 3.08 bits per heavy atom. The summed E-state index contributed by atoms with van der Waals surface area (Å²) in [6.45, 7) is 4.11. The molecule has 5 nitrogen and oxygen atoms in total. The number of hydrogen-bond donors (Lipinski definition) is 3. The Morgan fingerprint density at radius 2 is 2.54 bits per heavy atom. The van der Waals surface area contributed by atoms with Gasteiger partial charge in [0.25, 0.3) is 0 Å². The van der Waals surface area contributed by atoms with Crippen LogP contribution in [-0.4, -0.2) is 41.2 Å². The maximum absolute atomic E-state index is 10.7. The van der Waals surface area contributed by atoms with E-state index in [4.69, 9.17) is 9.84 Å². The van der Waals surface area contributed by atoms with Crippen LogP contribution in [0.4, 0.5) is 0 Å². The highest BCUT2D eigenvalue weighted by Gasteiger charge is 2.48. The molecule has 0 spiro atoms. The van der Waals surface area contributed by atoms with E-state index in [9.17, 15) is 9.90 Å². The van der Waals surface area contributed by atoms with Gasteiger partial charge in [0.05, 0.1) is 6.61 Å². The molecule has 1 unspecified atom stereocenters. The molecule has 1 saturated heterocycles. The van der Waals surface area contributed by atoms with Gasteiger partial charge in [0.2, 0.25) is 5.72 Å². The van der Waals surface area contributed by atoms with Crippen molar-refractivity contribution in [1.29, 1.82) is 0 Å². The Balaban J connectivity index is 2.62. The molecule has 1 aliphatic heterocycles. The SMILES string of the molecule is C=CCOC1CCN[C@]1(O)C(=O)O. The van der Waals surface area contributed by atoms with E-state index in [0.29, 0.717) is 13.0 Å². The number of carbonyl (C=O) groups is 1. The van der Waals surface area contributed by atoms with Crippen molar-refractivity contribution in [3.8, 4) is 0 Å². The molecule has 0 amide bonds. The summed E-state index contributed by atoms with van der Waals surface area (Å²) < 4.78 is 5.12. The Morgan fingerprint density at radius 1 is 1.85 bits per heavy atom. The fourth-order valence-electron chi connectivity index (χ4n) is 1.32. The second-order valence-electron chi connectivity index (χ2n) is 2.90. The number of carboxylic acids is 1. The third-order valence-electron chi connectivity index (χ3n) is 2.01. The van der Waals surface area contributed by atoms with Crippen molar-refractivity contribution in [3.05, 3.63) is 12.7 Å². The number of aliphatic carboxylic acids is 1. The van der Waals surface area contributed by atoms with Gasteiger partial charge in [-0.3, -0.25) is 5.32 Å². The predicted molar refractivity (Wildman–Crippen MR) is 45.1 cm³/mol. The molecule has 5 heteroatoms. The number of nitrogens with one attached hydrogen (secondary N) is 1. The molecule has 0 bridgehead atoms. The second kappa shape index (κ2) is 3.87. The van der Waals surface area contributed by atoms with Crippen molar-refractivity contribution in [3.63, 3.8) is 0 Å². The third kappa shape index (κ3) is 1.88. The van der Waals surface area contributed by atoms with Crippen LogP contribution in [0.15, 0.2) is 12.7 Å². The van der Waals surface area contributed by atoms with Crippen molar-refractivity contribution in [2.45, 2.75) is 18.2 Å². The molecule has 3 N–H and O–H groups in total. The van der Waals surface area contributed by atoms with Crippen LogP contribution in [0.1, 0.15) is 6.42 Å². The molecule has 0 saturated carbocycles. The number of aliphatic hydroxyl groups is 1. The zero-order valence-electron chi connectivity index (χ0n) is 7.19. The normalized spacial score (nSPS) is 33.2. The summed E-state index contributed by atoms with van der Waals surface area (Å²) in [5.41, 5.74) is -1.94. The molecule has 1 aliphatic rings. The predicted octanol–water partition coefficient (Wildman–Crippen LogP) is -0.676. The van der Waals surface area contributed by atoms with Gasteiger partial charge in [0.15, 0.2) is 0 Å². The van der Waals surface area contributed by atoms with Gasteiger partial charge in [0, 0.05) is 6.54 Å². The molecular formula is C8H13NO4. The number of ether oxygens (including phenoxy) is 1. The van der Waals surface area contributed by atoms with Gasteiger partial charge >= 0.3 is 5.97 Å². The van der Waals surface area contributed by atoms with E-state index in [1.165, 1.54) is 6.08 Å². The highest BCUT2D eigenvalue weighted by atomic mass is 16.5. The van der Waals surface area contributed by atoms with Crippen molar-refractivity contribution in [2.75, 3.05) is 13.2 Å². The molecule has 13 heavy (non-hydrogen) atoms. The van der Waals surface area contributed by atoms with Crippen molar-refractivity contribution >= 4 is 5.97 Å².